The molecule has 0 fully saturated rings. The highest BCUT2D eigenvalue weighted by Gasteiger charge is 2.16. The van der Waals surface area contributed by atoms with Crippen LogP contribution in [0.25, 0.3) is 0 Å². The van der Waals surface area contributed by atoms with E-state index in [4.69, 9.17) is 10.5 Å². The number of nitrogens with two attached hydrogens (primary N) is 1. The van der Waals surface area contributed by atoms with Crippen molar-refractivity contribution in [2.45, 2.75) is 46.2 Å². The van der Waals surface area contributed by atoms with E-state index < -0.39 is 5.54 Å². The lowest BCUT2D eigenvalue weighted by molar-refractivity contribution is -0.122. The lowest BCUT2D eigenvalue weighted by Gasteiger charge is -2.18. The fourth-order valence-corrected chi connectivity index (χ4v) is 1.93. The topological polar surface area (TPSA) is 64.3 Å². The number of ether oxygens (including phenoxy) is 1. The van der Waals surface area contributed by atoms with E-state index >= 15 is 0 Å². The van der Waals surface area contributed by atoms with Crippen molar-refractivity contribution in [3.8, 4) is 5.75 Å². The van der Waals surface area contributed by atoms with Crippen LogP contribution in [-0.2, 0) is 11.3 Å². The molecule has 0 aliphatic rings. The first kappa shape index (κ1) is 15.5. The van der Waals surface area contributed by atoms with E-state index in [1.54, 1.807) is 7.11 Å². The number of rotatable bonds is 5. The Bertz CT molecular complexity index is 462. The van der Waals surface area contributed by atoms with Gasteiger partial charge in [0.15, 0.2) is 0 Å². The second-order valence-electron chi connectivity index (χ2n) is 5.69. The van der Waals surface area contributed by atoms with E-state index in [1.807, 2.05) is 39.8 Å². The minimum absolute atomic E-state index is 0.0274. The molecule has 1 aromatic rings. The Morgan fingerprint density at radius 3 is 2.47 bits per heavy atom. The summed E-state index contributed by atoms with van der Waals surface area (Å²) in [7, 11) is 1.66. The Morgan fingerprint density at radius 2 is 1.95 bits per heavy atom. The Labute approximate surface area is 115 Å². The molecule has 0 atom stereocenters. The third-order valence-electron chi connectivity index (χ3n) is 2.95. The summed E-state index contributed by atoms with van der Waals surface area (Å²) in [5, 5.41) is 2.90. The maximum atomic E-state index is 11.7. The van der Waals surface area contributed by atoms with Gasteiger partial charge in [-0.2, -0.15) is 0 Å². The van der Waals surface area contributed by atoms with Gasteiger partial charge in [0.2, 0.25) is 5.91 Å². The van der Waals surface area contributed by atoms with Crippen LogP contribution in [0.2, 0.25) is 0 Å². The summed E-state index contributed by atoms with van der Waals surface area (Å²) in [6, 6.07) is 4.03. The first-order chi connectivity index (χ1) is 8.73. The number of hydrogen-bond acceptors (Lipinski definition) is 3. The highest BCUT2D eigenvalue weighted by Crippen LogP contribution is 2.22. The molecule has 4 nitrogen and oxygen atoms in total. The normalized spacial score (nSPS) is 11.3. The number of hydrogen-bond donors (Lipinski definition) is 2. The molecule has 0 heterocycles. The highest BCUT2D eigenvalue weighted by atomic mass is 16.5. The van der Waals surface area contributed by atoms with Gasteiger partial charge in [-0.3, -0.25) is 4.79 Å². The maximum absolute atomic E-state index is 11.7. The molecule has 0 aliphatic carbocycles. The molecule has 0 saturated heterocycles. The molecular weight excluding hydrogens is 240 g/mol. The van der Waals surface area contributed by atoms with Gasteiger partial charge in [-0.15, -0.1) is 0 Å². The minimum atomic E-state index is -0.477. The van der Waals surface area contributed by atoms with Crippen LogP contribution >= 0.6 is 0 Å². The van der Waals surface area contributed by atoms with Gasteiger partial charge >= 0.3 is 0 Å². The van der Waals surface area contributed by atoms with Crippen molar-refractivity contribution < 1.29 is 9.53 Å². The first-order valence-corrected chi connectivity index (χ1v) is 6.42. The largest absolute Gasteiger partial charge is 0.496 e. The Kier molecular flexibility index (Phi) is 4.95. The summed E-state index contributed by atoms with van der Waals surface area (Å²) in [4.78, 5) is 11.7. The smallest absolute Gasteiger partial charge is 0.222 e. The average molecular weight is 264 g/mol. The molecule has 106 valence electrons. The van der Waals surface area contributed by atoms with Crippen LogP contribution in [0.3, 0.4) is 0 Å². The fraction of sp³-hybridized carbons (Fsp3) is 0.533. The maximum Gasteiger partial charge on any atom is 0.222 e. The van der Waals surface area contributed by atoms with E-state index in [0.29, 0.717) is 13.0 Å². The van der Waals surface area contributed by atoms with Gasteiger partial charge in [0.25, 0.3) is 0 Å². The van der Waals surface area contributed by atoms with Crippen molar-refractivity contribution in [1.82, 2.24) is 5.32 Å². The van der Waals surface area contributed by atoms with E-state index in [2.05, 4.69) is 5.32 Å². The summed E-state index contributed by atoms with van der Waals surface area (Å²) in [6.07, 6.45) is 0.321. The highest BCUT2D eigenvalue weighted by molar-refractivity contribution is 5.77. The predicted molar refractivity (Wildman–Crippen MR) is 77.2 cm³/mol. The Balaban J connectivity index is 2.68. The van der Waals surface area contributed by atoms with Gasteiger partial charge in [0.1, 0.15) is 5.75 Å². The van der Waals surface area contributed by atoms with E-state index in [-0.39, 0.29) is 5.91 Å². The standard InChI is InChI=1S/C15H24N2O2/c1-10-7-13(19-5)11(2)6-12(10)9-17-14(18)8-15(3,4)16/h6-7H,8-9,16H2,1-5H3,(H,17,18). The van der Waals surface area contributed by atoms with Crippen LogP contribution in [0.1, 0.15) is 37.0 Å². The first-order valence-electron chi connectivity index (χ1n) is 6.42. The summed E-state index contributed by atoms with van der Waals surface area (Å²) >= 11 is 0. The van der Waals surface area contributed by atoms with Crippen LogP contribution < -0.4 is 15.8 Å². The Morgan fingerprint density at radius 1 is 1.32 bits per heavy atom. The van der Waals surface area contributed by atoms with Crippen molar-refractivity contribution in [1.29, 1.82) is 0 Å². The van der Waals surface area contributed by atoms with Gasteiger partial charge < -0.3 is 15.8 Å². The van der Waals surface area contributed by atoms with Crippen LogP contribution in [0.5, 0.6) is 5.75 Å². The number of amides is 1. The molecule has 0 aromatic heterocycles. The average Bonchev–Trinajstić information content (AvgIpc) is 2.27. The van der Waals surface area contributed by atoms with Crippen LogP contribution in [0.15, 0.2) is 12.1 Å². The molecule has 4 heteroatoms. The third-order valence-corrected chi connectivity index (χ3v) is 2.95. The molecule has 0 unspecified atom stereocenters. The monoisotopic (exact) mass is 264 g/mol. The van der Waals surface area contributed by atoms with Gasteiger partial charge in [0, 0.05) is 18.5 Å². The predicted octanol–water partition coefficient (Wildman–Crippen LogP) is 2.06. The lowest BCUT2D eigenvalue weighted by atomic mass is 10.0. The zero-order valence-electron chi connectivity index (χ0n) is 12.5. The molecule has 1 rings (SSSR count). The van der Waals surface area contributed by atoms with Gasteiger partial charge in [-0.25, -0.2) is 0 Å². The molecule has 3 N–H and O–H groups in total. The number of methoxy groups -OCH3 is 1. The summed E-state index contributed by atoms with van der Waals surface area (Å²) in [6.45, 7) is 8.21. The van der Waals surface area contributed by atoms with Crippen molar-refractivity contribution >= 4 is 5.91 Å². The van der Waals surface area contributed by atoms with Crippen molar-refractivity contribution in [3.05, 3.63) is 28.8 Å². The molecule has 1 aromatic carbocycles. The molecule has 0 saturated carbocycles. The lowest BCUT2D eigenvalue weighted by Crippen LogP contribution is -2.38. The van der Waals surface area contributed by atoms with Crippen LogP contribution in [-0.4, -0.2) is 18.6 Å². The van der Waals surface area contributed by atoms with Crippen LogP contribution in [0.4, 0.5) is 0 Å². The van der Waals surface area contributed by atoms with Crippen molar-refractivity contribution in [3.63, 3.8) is 0 Å². The van der Waals surface area contributed by atoms with Crippen molar-refractivity contribution in [2.75, 3.05) is 7.11 Å². The molecule has 1 amide bonds. The SMILES string of the molecule is COc1cc(C)c(CNC(=O)CC(C)(C)N)cc1C. The molecule has 19 heavy (non-hydrogen) atoms. The van der Waals surface area contributed by atoms with Crippen LogP contribution in [0, 0.1) is 13.8 Å². The second-order valence-corrected chi connectivity index (χ2v) is 5.69. The zero-order chi connectivity index (χ0) is 14.6. The fourth-order valence-electron chi connectivity index (χ4n) is 1.93. The molecule has 0 bridgehead atoms. The minimum Gasteiger partial charge on any atom is -0.496 e. The Hall–Kier alpha value is -1.55. The summed E-state index contributed by atoms with van der Waals surface area (Å²) < 4.78 is 5.27. The van der Waals surface area contributed by atoms with Gasteiger partial charge in [0.05, 0.1) is 7.11 Å². The number of aryl methyl sites for hydroxylation is 2. The van der Waals surface area contributed by atoms with E-state index in [0.717, 1.165) is 22.4 Å². The number of nitrogens with one attached hydrogen (secondary N) is 1. The number of carbonyl (C=O) groups is 1. The van der Waals surface area contributed by atoms with Crippen molar-refractivity contribution in [2.24, 2.45) is 5.73 Å². The molecule has 0 aliphatic heterocycles. The summed E-state index contributed by atoms with van der Waals surface area (Å²) in [5.41, 5.74) is 8.61. The third kappa shape index (κ3) is 4.91. The second kappa shape index (κ2) is 6.06. The van der Waals surface area contributed by atoms with Gasteiger partial charge in [-0.05, 0) is 50.5 Å². The number of carbonyl (C=O) groups excluding carboxylic acids is 1. The zero-order valence-corrected chi connectivity index (χ0v) is 12.5. The number of benzene rings is 1. The summed E-state index contributed by atoms with van der Waals surface area (Å²) in [5.74, 6) is 0.844. The molecule has 0 spiro atoms. The van der Waals surface area contributed by atoms with E-state index in [9.17, 15) is 4.79 Å². The van der Waals surface area contributed by atoms with Gasteiger partial charge in [-0.1, -0.05) is 6.07 Å². The quantitative estimate of drug-likeness (QED) is 0.855. The molecule has 0 radical (unpaired) electrons. The van der Waals surface area contributed by atoms with E-state index in [1.165, 1.54) is 0 Å². The molecular formula is C15H24N2O2.